The molecule has 0 unspecified atom stereocenters. The van der Waals surface area contributed by atoms with E-state index in [4.69, 9.17) is 0 Å². The molecule has 2 aromatic carbocycles. The highest BCUT2D eigenvalue weighted by Crippen LogP contribution is 2.32. The summed E-state index contributed by atoms with van der Waals surface area (Å²) >= 11 is 0. The van der Waals surface area contributed by atoms with Gasteiger partial charge in [0.2, 0.25) is 0 Å². The summed E-state index contributed by atoms with van der Waals surface area (Å²) in [5, 5.41) is 2.61. The van der Waals surface area contributed by atoms with Crippen LogP contribution in [-0.2, 0) is 12.6 Å². The van der Waals surface area contributed by atoms with Gasteiger partial charge in [0.1, 0.15) is 0 Å². The van der Waals surface area contributed by atoms with Crippen molar-refractivity contribution in [2.24, 2.45) is 0 Å². The third kappa shape index (κ3) is 4.34. The molecule has 0 saturated carbocycles. The third-order valence-corrected chi connectivity index (χ3v) is 3.54. The van der Waals surface area contributed by atoms with E-state index in [0.717, 1.165) is 30.9 Å². The van der Waals surface area contributed by atoms with Crippen LogP contribution >= 0.6 is 0 Å². The number of carbonyl (C=O) groups is 1. The third-order valence-electron chi connectivity index (χ3n) is 3.54. The number of amides is 1. The summed E-state index contributed by atoms with van der Waals surface area (Å²) in [5.41, 5.74) is 0.184. The van der Waals surface area contributed by atoms with Gasteiger partial charge in [-0.3, -0.25) is 4.79 Å². The molecule has 1 amide bonds. The minimum absolute atomic E-state index is 0.370. The fourth-order valence-electron chi connectivity index (χ4n) is 2.35. The summed E-state index contributed by atoms with van der Waals surface area (Å²) in [6.07, 6.45) is -1.84. The molecule has 0 radical (unpaired) electrons. The predicted molar refractivity (Wildman–Crippen MR) is 84.5 cm³/mol. The number of rotatable bonds is 5. The second kappa shape index (κ2) is 7.31. The Bertz CT molecular complexity index is 680. The zero-order valence-electron chi connectivity index (χ0n) is 12.8. The number of carbonyl (C=O) groups excluding carboxylic acids is 1. The van der Waals surface area contributed by atoms with E-state index >= 15 is 0 Å². The van der Waals surface area contributed by atoms with E-state index in [-0.39, 0.29) is 5.56 Å². The van der Waals surface area contributed by atoms with Crippen molar-refractivity contribution in [1.82, 2.24) is 0 Å². The van der Waals surface area contributed by atoms with E-state index in [9.17, 15) is 18.0 Å². The topological polar surface area (TPSA) is 29.1 Å². The average molecular weight is 321 g/mol. The molecule has 122 valence electrons. The fourth-order valence-corrected chi connectivity index (χ4v) is 2.35. The Kier molecular flexibility index (Phi) is 5.42. The number of hydrogen-bond acceptors (Lipinski definition) is 1. The number of hydrogen-bond donors (Lipinski definition) is 1. The van der Waals surface area contributed by atoms with E-state index in [1.54, 1.807) is 12.1 Å². The van der Waals surface area contributed by atoms with Gasteiger partial charge in [-0.2, -0.15) is 13.2 Å². The summed E-state index contributed by atoms with van der Waals surface area (Å²) in [6, 6.07) is 12.0. The van der Waals surface area contributed by atoms with Crippen LogP contribution in [0.2, 0.25) is 0 Å². The van der Waals surface area contributed by atoms with Gasteiger partial charge in [0, 0.05) is 5.69 Å². The second-order valence-electron chi connectivity index (χ2n) is 5.26. The molecule has 0 heterocycles. The Hall–Kier alpha value is -2.30. The number of halogens is 3. The summed E-state index contributed by atoms with van der Waals surface area (Å²) < 4.78 is 39.0. The lowest BCUT2D eigenvalue weighted by Gasteiger charge is -2.14. The highest BCUT2D eigenvalue weighted by Gasteiger charge is 2.34. The Labute approximate surface area is 133 Å². The van der Waals surface area contributed by atoms with Crippen molar-refractivity contribution in [2.75, 3.05) is 5.32 Å². The van der Waals surface area contributed by atoms with Gasteiger partial charge in [-0.15, -0.1) is 0 Å². The molecule has 0 aromatic heterocycles. The van der Waals surface area contributed by atoms with Crippen LogP contribution in [0.5, 0.6) is 0 Å². The van der Waals surface area contributed by atoms with Crippen LogP contribution in [-0.4, -0.2) is 5.91 Å². The molecule has 0 aliphatic carbocycles. The molecule has 1 N–H and O–H groups in total. The van der Waals surface area contributed by atoms with Crippen molar-refractivity contribution in [3.05, 3.63) is 65.2 Å². The number of benzene rings is 2. The molecule has 0 saturated heterocycles. The molecule has 23 heavy (non-hydrogen) atoms. The van der Waals surface area contributed by atoms with Gasteiger partial charge >= 0.3 is 6.18 Å². The largest absolute Gasteiger partial charge is 0.417 e. The molecule has 5 heteroatoms. The van der Waals surface area contributed by atoms with Gasteiger partial charge in [-0.05, 0) is 36.6 Å². The van der Waals surface area contributed by atoms with E-state index in [0.29, 0.717) is 5.69 Å². The zero-order chi connectivity index (χ0) is 16.9. The second-order valence-corrected chi connectivity index (χ2v) is 5.26. The van der Waals surface area contributed by atoms with Crippen LogP contribution < -0.4 is 5.32 Å². The molecule has 0 aliphatic heterocycles. The maximum absolute atomic E-state index is 13.0. The first-order chi connectivity index (χ1) is 10.9. The number of anilines is 1. The maximum Gasteiger partial charge on any atom is 0.417 e. The normalized spacial score (nSPS) is 11.3. The van der Waals surface area contributed by atoms with Crippen LogP contribution in [0.25, 0.3) is 0 Å². The van der Waals surface area contributed by atoms with Crippen molar-refractivity contribution < 1.29 is 18.0 Å². The molecule has 2 aromatic rings. The van der Waals surface area contributed by atoms with Gasteiger partial charge in [-0.25, -0.2) is 0 Å². The number of unbranched alkanes of at least 4 members (excludes halogenated alkanes) is 1. The average Bonchev–Trinajstić information content (AvgIpc) is 2.53. The van der Waals surface area contributed by atoms with Gasteiger partial charge in [0.25, 0.3) is 5.91 Å². The van der Waals surface area contributed by atoms with Gasteiger partial charge < -0.3 is 5.32 Å². The highest BCUT2D eigenvalue weighted by atomic mass is 19.4. The quantitative estimate of drug-likeness (QED) is 0.795. The van der Waals surface area contributed by atoms with Crippen LogP contribution in [0.4, 0.5) is 18.9 Å². The number of para-hydroxylation sites is 1. The van der Waals surface area contributed by atoms with Crippen molar-refractivity contribution in [3.8, 4) is 0 Å². The Morgan fingerprint density at radius 2 is 1.70 bits per heavy atom. The van der Waals surface area contributed by atoms with E-state index in [2.05, 4.69) is 12.2 Å². The van der Waals surface area contributed by atoms with Gasteiger partial charge in [0.15, 0.2) is 0 Å². The van der Waals surface area contributed by atoms with Crippen molar-refractivity contribution >= 4 is 11.6 Å². The smallest absolute Gasteiger partial charge is 0.322 e. The SMILES string of the molecule is CCCCc1ccccc1NC(=O)c1ccccc1C(F)(F)F. The molecule has 0 fully saturated rings. The first-order valence-corrected chi connectivity index (χ1v) is 7.49. The predicted octanol–water partition coefficient (Wildman–Crippen LogP) is 5.30. The van der Waals surface area contributed by atoms with E-state index in [1.807, 2.05) is 12.1 Å². The maximum atomic E-state index is 13.0. The van der Waals surface area contributed by atoms with Crippen molar-refractivity contribution in [1.29, 1.82) is 0 Å². The standard InChI is InChI=1S/C18H18F3NO/c1-2-3-8-13-9-4-7-12-16(13)22-17(23)14-10-5-6-11-15(14)18(19,20)21/h4-7,9-12H,2-3,8H2,1H3,(H,22,23). The van der Waals surface area contributed by atoms with Crippen molar-refractivity contribution in [3.63, 3.8) is 0 Å². The van der Waals surface area contributed by atoms with E-state index in [1.165, 1.54) is 18.2 Å². The first kappa shape index (κ1) is 17.1. The Balaban J connectivity index is 2.27. The number of aryl methyl sites for hydroxylation is 1. The van der Waals surface area contributed by atoms with Crippen LogP contribution in [0.15, 0.2) is 48.5 Å². The number of alkyl halides is 3. The lowest BCUT2D eigenvalue weighted by atomic mass is 10.0. The van der Waals surface area contributed by atoms with Gasteiger partial charge in [-0.1, -0.05) is 43.7 Å². The molecular weight excluding hydrogens is 303 g/mol. The lowest BCUT2D eigenvalue weighted by Crippen LogP contribution is -2.19. The molecule has 2 rings (SSSR count). The highest BCUT2D eigenvalue weighted by molar-refractivity contribution is 6.05. The minimum atomic E-state index is -4.56. The van der Waals surface area contributed by atoms with Crippen LogP contribution in [0.3, 0.4) is 0 Å². The monoisotopic (exact) mass is 321 g/mol. The first-order valence-electron chi connectivity index (χ1n) is 7.49. The summed E-state index contributed by atoms with van der Waals surface area (Å²) in [7, 11) is 0. The summed E-state index contributed by atoms with van der Waals surface area (Å²) in [4.78, 5) is 12.3. The molecular formula is C18H18F3NO. The van der Waals surface area contributed by atoms with Crippen molar-refractivity contribution in [2.45, 2.75) is 32.4 Å². The summed E-state index contributed by atoms with van der Waals surface area (Å²) in [6.45, 7) is 2.06. The molecule has 2 nitrogen and oxygen atoms in total. The fraction of sp³-hybridized carbons (Fsp3) is 0.278. The molecule has 0 bridgehead atoms. The molecule has 0 aliphatic rings. The molecule has 0 spiro atoms. The van der Waals surface area contributed by atoms with Crippen LogP contribution in [0, 0.1) is 0 Å². The summed E-state index contributed by atoms with van der Waals surface area (Å²) in [5.74, 6) is -0.748. The van der Waals surface area contributed by atoms with Crippen LogP contribution in [0.1, 0.15) is 41.3 Å². The lowest BCUT2D eigenvalue weighted by molar-refractivity contribution is -0.137. The zero-order valence-corrected chi connectivity index (χ0v) is 12.8. The minimum Gasteiger partial charge on any atom is -0.322 e. The Morgan fingerprint density at radius 1 is 1.04 bits per heavy atom. The van der Waals surface area contributed by atoms with E-state index < -0.39 is 17.6 Å². The number of nitrogens with one attached hydrogen (secondary N) is 1. The van der Waals surface area contributed by atoms with Gasteiger partial charge in [0.05, 0.1) is 11.1 Å². The Morgan fingerprint density at radius 3 is 2.39 bits per heavy atom. The molecule has 0 atom stereocenters.